The van der Waals surface area contributed by atoms with Gasteiger partial charge in [0.25, 0.3) is 0 Å². The lowest BCUT2D eigenvalue weighted by molar-refractivity contribution is 1.13. The van der Waals surface area contributed by atoms with E-state index in [0.717, 1.165) is 11.6 Å². The minimum absolute atomic E-state index is 0. The van der Waals surface area contributed by atoms with Gasteiger partial charge in [-0.05, 0) is 34.1 Å². The van der Waals surface area contributed by atoms with E-state index >= 15 is 0 Å². The first-order valence-electron chi connectivity index (χ1n) is 5.65. The molecule has 0 aliphatic carbocycles. The Bertz CT molecular complexity index is 579. The maximum atomic E-state index is 4.04. The van der Waals surface area contributed by atoms with E-state index in [0.29, 0.717) is 0 Å². The minimum Gasteiger partial charge on any atom is -0.0912 e. The predicted octanol–water partition coefficient (Wildman–Crippen LogP) is 3.12. The second-order valence-corrected chi connectivity index (χ2v) is 3.90. The summed E-state index contributed by atoms with van der Waals surface area (Å²) >= 11 is 0. The van der Waals surface area contributed by atoms with Gasteiger partial charge < -0.3 is 0 Å². The molecule has 0 spiro atoms. The molecule has 0 atom stereocenters. The number of hydrogen-bond acceptors (Lipinski definition) is 0. The normalized spacial score (nSPS) is 11.0. The van der Waals surface area contributed by atoms with Gasteiger partial charge in [0.05, 0.1) is 0 Å². The summed E-state index contributed by atoms with van der Waals surface area (Å²) in [7, 11) is 0. The van der Waals surface area contributed by atoms with E-state index < -0.39 is 0 Å². The zero-order valence-corrected chi connectivity index (χ0v) is 9.61. The first kappa shape index (κ1) is 13.2. The number of hydrogen-bond donors (Lipinski definition) is 0. The van der Waals surface area contributed by atoms with Gasteiger partial charge in [0, 0.05) is 0 Å². The lowest BCUT2D eigenvalue weighted by atomic mass is 10.0. The summed E-state index contributed by atoms with van der Waals surface area (Å²) in [6, 6.07) is 16.7. The molecule has 2 rings (SSSR count). The van der Waals surface area contributed by atoms with Crippen molar-refractivity contribution in [3.8, 4) is 0 Å². The summed E-state index contributed by atoms with van der Waals surface area (Å²) in [6.45, 7) is 6.22. The van der Waals surface area contributed by atoms with Crippen molar-refractivity contribution in [1.29, 1.82) is 0 Å². The average Bonchev–Trinajstić information content (AvgIpc) is 2.33. The first-order valence-corrected chi connectivity index (χ1v) is 5.65. The van der Waals surface area contributed by atoms with Crippen LogP contribution in [0, 0.1) is 0 Å². The monoisotopic (exact) mass is 224 g/mol. The molecule has 0 heterocycles. The summed E-state index contributed by atoms with van der Waals surface area (Å²) in [5, 5.41) is 2.27. The van der Waals surface area contributed by atoms with Crippen molar-refractivity contribution in [2.45, 2.75) is 20.8 Å². The molecule has 2 aromatic rings. The van der Waals surface area contributed by atoms with Gasteiger partial charge >= 0.3 is 0 Å². The smallest absolute Gasteiger partial charge is 0.0184 e. The van der Waals surface area contributed by atoms with Gasteiger partial charge in [-0.1, -0.05) is 69.5 Å². The van der Waals surface area contributed by atoms with Crippen LogP contribution in [0.1, 0.15) is 25.5 Å². The average molecular weight is 224 g/mol. The van der Waals surface area contributed by atoms with Crippen LogP contribution in [-0.2, 0) is 6.42 Å². The van der Waals surface area contributed by atoms with E-state index in [9.17, 15) is 0 Å². The summed E-state index contributed by atoms with van der Waals surface area (Å²) in [5.74, 6) is 0. The van der Waals surface area contributed by atoms with E-state index in [2.05, 4.69) is 56.0 Å². The Morgan fingerprint density at radius 2 is 1.65 bits per heavy atom. The highest BCUT2D eigenvalue weighted by Crippen LogP contribution is 2.09. The standard InChI is InChI=1S/C16H16.CH4/c1-3-14-9-6-7-11-16(14)12-15-10-5-4-8-13(15)2;/h4-12H,2-3H2,1H3;1H4/b15-12-;. The topological polar surface area (TPSA) is 0 Å². The molecule has 0 aromatic heterocycles. The van der Waals surface area contributed by atoms with Crippen molar-refractivity contribution in [3.63, 3.8) is 0 Å². The quantitative estimate of drug-likeness (QED) is 0.735. The molecule has 0 radical (unpaired) electrons. The molecule has 0 amide bonds. The highest BCUT2D eigenvalue weighted by atomic mass is 14.0. The van der Waals surface area contributed by atoms with Crippen LogP contribution >= 0.6 is 0 Å². The minimum atomic E-state index is 0. The molecular weight excluding hydrogens is 204 g/mol. The van der Waals surface area contributed by atoms with E-state index in [1.807, 2.05) is 12.1 Å². The van der Waals surface area contributed by atoms with Gasteiger partial charge in [0.15, 0.2) is 0 Å². The Kier molecular flexibility index (Phi) is 4.71. The third-order valence-corrected chi connectivity index (χ3v) is 2.80. The molecule has 0 bridgehead atoms. The van der Waals surface area contributed by atoms with Gasteiger partial charge in [-0.25, -0.2) is 0 Å². The fourth-order valence-corrected chi connectivity index (χ4v) is 1.84. The summed E-state index contributed by atoms with van der Waals surface area (Å²) in [6.07, 6.45) is 3.27. The Balaban J connectivity index is 0.00000144. The zero-order chi connectivity index (χ0) is 11.4. The van der Waals surface area contributed by atoms with Crippen LogP contribution < -0.4 is 10.4 Å². The fraction of sp³-hybridized carbons (Fsp3) is 0.176. The van der Waals surface area contributed by atoms with Crippen LogP contribution in [0.2, 0.25) is 0 Å². The number of benzene rings is 2. The molecule has 2 aromatic carbocycles. The molecule has 0 aliphatic rings. The van der Waals surface area contributed by atoms with Crippen LogP contribution in [0.15, 0.2) is 48.5 Å². The van der Waals surface area contributed by atoms with Crippen molar-refractivity contribution < 1.29 is 0 Å². The van der Waals surface area contributed by atoms with Crippen molar-refractivity contribution in [3.05, 3.63) is 70.1 Å². The molecule has 88 valence electrons. The molecule has 0 N–H and O–H groups in total. The van der Waals surface area contributed by atoms with E-state index in [4.69, 9.17) is 0 Å². The molecule has 0 saturated heterocycles. The summed E-state index contributed by atoms with van der Waals surface area (Å²) in [4.78, 5) is 0. The summed E-state index contributed by atoms with van der Waals surface area (Å²) < 4.78 is 0. The van der Waals surface area contributed by atoms with E-state index in [1.165, 1.54) is 16.3 Å². The molecule has 17 heavy (non-hydrogen) atoms. The maximum Gasteiger partial charge on any atom is -0.0184 e. The van der Waals surface area contributed by atoms with Crippen molar-refractivity contribution >= 4 is 12.7 Å². The van der Waals surface area contributed by atoms with Crippen LogP contribution in [0.5, 0.6) is 0 Å². The molecule has 0 saturated carbocycles. The predicted molar refractivity (Wildman–Crippen MR) is 77.3 cm³/mol. The maximum absolute atomic E-state index is 4.04. The van der Waals surface area contributed by atoms with Crippen molar-refractivity contribution in [2.75, 3.05) is 0 Å². The largest absolute Gasteiger partial charge is 0.0912 e. The number of aryl methyl sites for hydroxylation is 1. The first-order chi connectivity index (χ1) is 7.81. The molecule has 0 nitrogen and oxygen atoms in total. The third kappa shape index (κ3) is 3.07. The Hall–Kier alpha value is -1.82. The highest BCUT2D eigenvalue weighted by molar-refractivity contribution is 5.54. The van der Waals surface area contributed by atoms with Gasteiger partial charge in [0.2, 0.25) is 0 Å². The van der Waals surface area contributed by atoms with Crippen LogP contribution in [-0.4, -0.2) is 0 Å². The zero-order valence-electron chi connectivity index (χ0n) is 9.61. The summed E-state index contributed by atoms with van der Waals surface area (Å²) in [5.41, 5.74) is 2.67. The van der Waals surface area contributed by atoms with Crippen LogP contribution in [0.3, 0.4) is 0 Å². The molecule has 0 unspecified atom stereocenters. The highest BCUT2D eigenvalue weighted by Gasteiger charge is 1.94. The fourth-order valence-electron chi connectivity index (χ4n) is 1.84. The Morgan fingerprint density at radius 3 is 2.35 bits per heavy atom. The van der Waals surface area contributed by atoms with Crippen molar-refractivity contribution in [2.24, 2.45) is 0 Å². The molecule has 0 heteroatoms. The second-order valence-electron chi connectivity index (χ2n) is 3.90. The van der Waals surface area contributed by atoms with Gasteiger partial charge in [-0.15, -0.1) is 0 Å². The van der Waals surface area contributed by atoms with Gasteiger partial charge in [0.1, 0.15) is 0 Å². The van der Waals surface area contributed by atoms with Crippen molar-refractivity contribution in [1.82, 2.24) is 0 Å². The third-order valence-electron chi connectivity index (χ3n) is 2.80. The number of rotatable bonds is 2. The molecule has 0 fully saturated rings. The second kappa shape index (κ2) is 6.05. The lowest BCUT2D eigenvalue weighted by Gasteiger charge is -2.01. The Labute approximate surface area is 104 Å². The Morgan fingerprint density at radius 1 is 1.00 bits per heavy atom. The van der Waals surface area contributed by atoms with E-state index in [-0.39, 0.29) is 7.43 Å². The van der Waals surface area contributed by atoms with Crippen LogP contribution in [0.4, 0.5) is 0 Å². The van der Waals surface area contributed by atoms with Gasteiger partial charge in [-0.3, -0.25) is 0 Å². The van der Waals surface area contributed by atoms with E-state index in [1.54, 1.807) is 0 Å². The molecule has 0 aliphatic heterocycles. The van der Waals surface area contributed by atoms with Gasteiger partial charge in [-0.2, -0.15) is 0 Å². The SMILES string of the molecule is C.C=c1cccc/c1=C/c1ccccc1CC. The van der Waals surface area contributed by atoms with Crippen LogP contribution in [0.25, 0.3) is 12.7 Å². The molecular formula is C17H20. The lowest BCUT2D eigenvalue weighted by Crippen LogP contribution is -2.21.